The molecule has 3 aromatic rings. The molecule has 0 aliphatic carbocycles. The highest BCUT2D eigenvalue weighted by Gasteiger charge is 2.02. The molecule has 2 heterocycles. The molecular weight excluding hydrogens is 242 g/mol. The summed E-state index contributed by atoms with van der Waals surface area (Å²) in [4.78, 5) is 19.0. The van der Waals surface area contributed by atoms with E-state index in [9.17, 15) is 4.79 Å². The standard InChI is InChI=1S/C14H11N3O2/c18-9-11-2-4-13(5-3-11)19-10-12-8-17-7-1-6-15-14(17)16-12/h1-9H,10H2. The van der Waals surface area contributed by atoms with E-state index in [1.807, 2.05) is 22.9 Å². The molecular formula is C14H11N3O2. The highest BCUT2D eigenvalue weighted by Crippen LogP contribution is 2.13. The van der Waals surface area contributed by atoms with Gasteiger partial charge in [-0.25, -0.2) is 9.97 Å². The summed E-state index contributed by atoms with van der Waals surface area (Å²) < 4.78 is 7.44. The minimum Gasteiger partial charge on any atom is -0.487 e. The van der Waals surface area contributed by atoms with Crippen LogP contribution in [0.15, 0.2) is 48.9 Å². The van der Waals surface area contributed by atoms with Crippen LogP contribution in [0.2, 0.25) is 0 Å². The Labute approximate surface area is 109 Å². The summed E-state index contributed by atoms with van der Waals surface area (Å²) in [7, 11) is 0. The number of carbonyl (C=O) groups is 1. The number of aromatic nitrogens is 3. The maximum absolute atomic E-state index is 10.5. The van der Waals surface area contributed by atoms with Crippen LogP contribution in [-0.2, 0) is 6.61 Å². The van der Waals surface area contributed by atoms with Crippen LogP contribution in [0.5, 0.6) is 5.75 Å². The molecule has 0 N–H and O–H groups in total. The lowest BCUT2D eigenvalue weighted by Gasteiger charge is -2.03. The van der Waals surface area contributed by atoms with Crippen molar-refractivity contribution in [1.82, 2.24) is 14.4 Å². The van der Waals surface area contributed by atoms with Crippen LogP contribution in [0.4, 0.5) is 0 Å². The molecule has 0 amide bonds. The average Bonchev–Trinajstić information content (AvgIpc) is 2.88. The molecule has 0 aliphatic rings. The zero-order valence-electron chi connectivity index (χ0n) is 10.1. The van der Waals surface area contributed by atoms with Crippen molar-refractivity contribution in [2.75, 3.05) is 0 Å². The van der Waals surface area contributed by atoms with E-state index >= 15 is 0 Å². The second-order valence-corrected chi connectivity index (χ2v) is 4.03. The van der Waals surface area contributed by atoms with E-state index in [4.69, 9.17) is 4.74 Å². The first-order chi connectivity index (χ1) is 9.35. The maximum Gasteiger partial charge on any atom is 0.234 e. The minimum absolute atomic E-state index is 0.365. The fourth-order valence-corrected chi connectivity index (χ4v) is 1.75. The summed E-state index contributed by atoms with van der Waals surface area (Å²) in [5.41, 5.74) is 1.43. The number of carbonyl (C=O) groups excluding carboxylic acids is 1. The molecule has 0 radical (unpaired) electrons. The Balaban J connectivity index is 1.72. The van der Waals surface area contributed by atoms with E-state index in [1.54, 1.807) is 30.5 Å². The normalized spacial score (nSPS) is 10.5. The van der Waals surface area contributed by atoms with Gasteiger partial charge in [0.25, 0.3) is 0 Å². The van der Waals surface area contributed by atoms with Gasteiger partial charge in [0.2, 0.25) is 5.78 Å². The molecule has 0 saturated heterocycles. The Morgan fingerprint density at radius 3 is 2.84 bits per heavy atom. The predicted octanol–water partition coefficient (Wildman–Crippen LogP) is 2.12. The third-order valence-corrected chi connectivity index (χ3v) is 2.69. The number of rotatable bonds is 4. The fourth-order valence-electron chi connectivity index (χ4n) is 1.75. The summed E-state index contributed by atoms with van der Waals surface area (Å²) in [5, 5.41) is 0. The molecule has 1 aromatic carbocycles. The average molecular weight is 253 g/mol. The largest absolute Gasteiger partial charge is 0.487 e. The highest BCUT2D eigenvalue weighted by molar-refractivity contribution is 5.74. The number of nitrogens with zero attached hydrogens (tertiary/aromatic N) is 3. The summed E-state index contributed by atoms with van der Waals surface area (Å²) in [6.45, 7) is 0.365. The first-order valence-electron chi connectivity index (χ1n) is 5.82. The van der Waals surface area contributed by atoms with Gasteiger partial charge in [0, 0.05) is 24.2 Å². The van der Waals surface area contributed by atoms with Crippen LogP contribution in [0.25, 0.3) is 5.78 Å². The molecule has 2 aromatic heterocycles. The Kier molecular flexibility index (Phi) is 2.94. The monoisotopic (exact) mass is 253 g/mol. The molecule has 0 saturated carbocycles. The first kappa shape index (κ1) is 11.4. The molecule has 19 heavy (non-hydrogen) atoms. The maximum atomic E-state index is 10.5. The summed E-state index contributed by atoms with van der Waals surface area (Å²) in [6.07, 6.45) is 6.27. The van der Waals surface area contributed by atoms with Gasteiger partial charge in [0.15, 0.2) is 0 Å². The van der Waals surface area contributed by atoms with Crippen molar-refractivity contribution in [3.8, 4) is 5.75 Å². The van der Waals surface area contributed by atoms with Crippen molar-refractivity contribution < 1.29 is 9.53 Å². The van der Waals surface area contributed by atoms with Gasteiger partial charge >= 0.3 is 0 Å². The van der Waals surface area contributed by atoms with Crippen molar-refractivity contribution in [2.24, 2.45) is 0 Å². The third kappa shape index (κ3) is 2.44. The van der Waals surface area contributed by atoms with Gasteiger partial charge in [0.1, 0.15) is 18.6 Å². The van der Waals surface area contributed by atoms with E-state index in [2.05, 4.69) is 9.97 Å². The van der Waals surface area contributed by atoms with Crippen LogP contribution in [0.3, 0.4) is 0 Å². The zero-order valence-corrected chi connectivity index (χ0v) is 10.1. The summed E-state index contributed by atoms with van der Waals surface area (Å²) >= 11 is 0. The number of imidazole rings is 1. The zero-order chi connectivity index (χ0) is 13.1. The lowest BCUT2D eigenvalue weighted by Crippen LogP contribution is -1.95. The Hall–Kier alpha value is -2.69. The molecule has 0 atom stereocenters. The predicted molar refractivity (Wildman–Crippen MR) is 69.1 cm³/mol. The SMILES string of the molecule is O=Cc1ccc(OCc2cn3cccnc3n2)cc1. The van der Waals surface area contributed by atoms with Crippen molar-refractivity contribution in [3.05, 3.63) is 60.2 Å². The molecule has 3 rings (SSSR count). The fraction of sp³-hybridized carbons (Fsp3) is 0.0714. The van der Waals surface area contributed by atoms with Crippen LogP contribution in [0.1, 0.15) is 16.1 Å². The topological polar surface area (TPSA) is 56.5 Å². The van der Waals surface area contributed by atoms with E-state index in [0.29, 0.717) is 23.7 Å². The second-order valence-electron chi connectivity index (χ2n) is 4.03. The lowest BCUT2D eigenvalue weighted by atomic mass is 10.2. The van der Waals surface area contributed by atoms with Crippen molar-refractivity contribution in [2.45, 2.75) is 6.61 Å². The smallest absolute Gasteiger partial charge is 0.234 e. The number of hydrogen-bond donors (Lipinski definition) is 0. The molecule has 0 unspecified atom stereocenters. The van der Waals surface area contributed by atoms with Crippen molar-refractivity contribution in [3.63, 3.8) is 0 Å². The lowest BCUT2D eigenvalue weighted by molar-refractivity contribution is 0.112. The Morgan fingerprint density at radius 2 is 2.11 bits per heavy atom. The van der Waals surface area contributed by atoms with E-state index in [0.717, 1.165) is 12.0 Å². The van der Waals surface area contributed by atoms with E-state index in [-0.39, 0.29) is 0 Å². The molecule has 0 fully saturated rings. The van der Waals surface area contributed by atoms with Gasteiger partial charge < -0.3 is 4.74 Å². The number of aldehydes is 1. The Morgan fingerprint density at radius 1 is 1.26 bits per heavy atom. The van der Waals surface area contributed by atoms with E-state index in [1.165, 1.54) is 0 Å². The van der Waals surface area contributed by atoms with Crippen LogP contribution < -0.4 is 4.74 Å². The van der Waals surface area contributed by atoms with E-state index < -0.39 is 0 Å². The summed E-state index contributed by atoms with van der Waals surface area (Å²) in [6, 6.07) is 8.80. The number of hydrogen-bond acceptors (Lipinski definition) is 4. The Bertz CT molecular complexity index is 671. The van der Waals surface area contributed by atoms with Crippen LogP contribution in [0, 0.1) is 0 Å². The number of fused-ring (bicyclic) bond motifs is 1. The van der Waals surface area contributed by atoms with Crippen LogP contribution in [-0.4, -0.2) is 20.7 Å². The molecule has 5 heteroatoms. The van der Waals surface area contributed by atoms with Gasteiger partial charge in [-0.2, -0.15) is 0 Å². The number of ether oxygens (including phenoxy) is 1. The van der Waals surface area contributed by atoms with Crippen molar-refractivity contribution >= 4 is 12.1 Å². The van der Waals surface area contributed by atoms with Gasteiger partial charge in [-0.15, -0.1) is 0 Å². The highest BCUT2D eigenvalue weighted by atomic mass is 16.5. The first-order valence-corrected chi connectivity index (χ1v) is 5.82. The molecule has 0 bridgehead atoms. The van der Waals surface area contributed by atoms with Gasteiger partial charge in [-0.3, -0.25) is 9.20 Å². The minimum atomic E-state index is 0.365. The molecule has 0 spiro atoms. The quantitative estimate of drug-likeness (QED) is 0.668. The molecule has 94 valence electrons. The summed E-state index contributed by atoms with van der Waals surface area (Å²) in [5.74, 6) is 1.35. The van der Waals surface area contributed by atoms with Gasteiger partial charge in [-0.1, -0.05) is 0 Å². The van der Waals surface area contributed by atoms with Crippen molar-refractivity contribution in [1.29, 1.82) is 0 Å². The molecule has 5 nitrogen and oxygen atoms in total. The number of benzene rings is 1. The van der Waals surface area contributed by atoms with Gasteiger partial charge in [0.05, 0.1) is 5.69 Å². The molecule has 0 aliphatic heterocycles. The van der Waals surface area contributed by atoms with Crippen LogP contribution >= 0.6 is 0 Å². The van der Waals surface area contributed by atoms with Gasteiger partial charge in [-0.05, 0) is 30.3 Å². The third-order valence-electron chi connectivity index (χ3n) is 2.69. The second kappa shape index (κ2) is 4.89.